The largest absolute Gasteiger partial charge is 0.326 e. The Labute approximate surface area is 118 Å². The van der Waals surface area contributed by atoms with E-state index in [-0.39, 0.29) is 5.91 Å². The standard InChI is InChI=1S/C16H19NOS/c1-2-4-13-6-8-14(9-7-13)17-16(18)11-10-15-5-3-12-19-15/h3,5-9,12H,2,4,10-11H2,1H3,(H,17,18). The Morgan fingerprint density at radius 1 is 1.16 bits per heavy atom. The number of amides is 1. The molecule has 2 aromatic rings. The molecule has 0 radical (unpaired) electrons. The van der Waals surface area contributed by atoms with Gasteiger partial charge in [-0.15, -0.1) is 11.3 Å². The minimum atomic E-state index is 0.0802. The van der Waals surface area contributed by atoms with Gasteiger partial charge in [-0.3, -0.25) is 4.79 Å². The zero-order chi connectivity index (χ0) is 13.5. The maximum Gasteiger partial charge on any atom is 0.224 e. The van der Waals surface area contributed by atoms with Gasteiger partial charge in [-0.1, -0.05) is 31.5 Å². The molecule has 0 unspecified atom stereocenters. The fraction of sp³-hybridized carbons (Fsp3) is 0.312. The second kappa shape index (κ2) is 7.10. The predicted octanol–water partition coefficient (Wildman–Crippen LogP) is 4.27. The first kappa shape index (κ1) is 13.8. The van der Waals surface area contributed by atoms with Gasteiger partial charge in [0.25, 0.3) is 0 Å². The molecule has 0 aliphatic rings. The number of benzene rings is 1. The van der Waals surface area contributed by atoms with Crippen LogP contribution < -0.4 is 5.32 Å². The molecule has 0 spiro atoms. The van der Waals surface area contributed by atoms with Crippen LogP contribution in [-0.2, 0) is 17.6 Å². The molecule has 3 heteroatoms. The lowest BCUT2D eigenvalue weighted by Crippen LogP contribution is -2.11. The van der Waals surface area contributed by atoms with Gasteiger partial charge < -0.3 is 5.32 Å². The van der Waals surface area contributed by atoms with Crippen LogP contribution in [0, 0.1) is 0 Å². The summed E-state index contributed by atoms with van der Waals surface area (Å²) in [6.45, 7) is 2.17. The van der Waals surface area contributed by atoms with Crippen molar-refractivity contribution in [1.82, 2.24) is 0 Å². The molecular formula is C16H19NOS. The normalized spacial score (nSPS) is 10.4. The predicted molar refractivity (Wildman–Crippen MR) is 81.7 cm³/mol. The second-order valence-electron chi connectivity index (χ2n) is 4.57. The minimum absolute atomic E-state index is 0.0802. The summed E-state index contributed by atoms with van der Waals surface area (Å²) in [4.78, 5) is 13.1. The molecule has 100 valence electrons. The highest BCUT2D eigenvalue weighted by Gasteiger charge is 2.03. The molecule has 2 rings (SSSR count). The highest BCUT2D eigenvalue weighted by molar-refractivity contribution is 7.09. The van der Waals surface area contributed by atoms with E-state index >= 15 is 0 Å². The minimum Gasteiger partial charge on any atom is -0.326 e. The smallest absolute Gasteiger partial charge is 0.224 e. The average molecular weight is 273 g/mol. The van der Waals surface area contributed by atoms with Gasteiger partial charge >= 0.3 is 0 Å². The Morgan fingerprint density at radius 3 is 2.58 bits per heavy atom. The third-order valence-corrected chi connectivity index (χ3v) is 3.89. The number of hydrogen-bond donors (Lipinski definition) is 1. The highest BCUT2D eigenvalue weighted by Crippen LogP contribution is 2.13. The summed E-state index contributed by atoms with van der Waals surface area (Å²) in [6, 6.07) is 12.2. The van der Waals surface area contributed by atoms with E-state index in [1.54, 1.807) is 11.3 Å². The average Bonchev–Trinajstić information content (AvgIpc) is 2.92. The van der Waals surface area contributed by atoms with Crippen LogP contribution >= 0.6 is 11.3 Å². The number of rotatable bonds is 6. The van der Waals surface area contributed by atoms with E-state index < -0.39 is 0 Å². The molecule has 1 heterocycles. The molecule has 0 aliphatic heterocycles. The van der Waals surface area contributed by atoms with Crippen molar-refractivity contribution in [3.63, 3.8) is 0 Å². The van der Waals surface area contributed by atoms with Crippen molar-refractivity contribution in [1.29, 1.82) is 0 Å². The van der Waals surface area contributed by atoms with Crippen LogP contribution in [0.1, 0.15) is 30.2 Å². The first-order valence-electron chi connectivity index (χ1n) is 6.69. The van der Waals surface area contributed by atoms with Crippen molar-refractivity contribution in [2.24, 2.45) is 0 Å². The summed E-state index contributed by atoms with van der Waals surface area (Å²) in [6.07, 6.45) is 3.59. The van der Waals surface area contributed by atoms with Gasteiger partial charge in [-0.2, -0.15) is 0 Å². The van der Waals surface area contributed by atoms with E-state index in [0.29, 0.717) is 6.42 Å². The Kier molecular flexibility index (Phi) is 5.16. The quantitative estimate of drug-likeness (QED) is 0.836. The monoisotopic (exact) mass is 273 g/mol. The molecule has 2 nitrogen and oxygen atoms in total. The van der Waals surface area contributed by atoms with Gasteiger partial charge in [-0.25, -0.2) is 0 Å². The van der Waals surface area contributed by atoms with Crippen LogP contribution in [-0.4, -0.2) is 5.91 Å². The van der Waals surface area contributed by atoms with E-state index in [2.05, 4.69) is 30.4 Å². The van der Waals surface area contributed by atoms with Crippen molar-refractivity contribution >= 4 is 22.9 Å². The molecule has 1 amide bonds. The zero-order valence-electron chi connectivity index (χ0n) is 11.2. The SMILES string of the molecule is CCCc1ccc(NC(=O)CCc2cccs2)cc1. The number of carbonyl (C=O) groups excluding carboxylic acids is 1. The summed E-state index contributed by atoms with van der Waals surface area (Å²) >= 11 is 1.70. The van der Waals surface area contributed by atoms with Crippen LogP contribution in [0.4, 0.5) is 5.69 Å². The molecule has 0 saturated carbocycles. The van der Waals surface area contributed by atoms with Gasteiger partial charge in [-0.05, 0) is 42.0 Å². The molecular weight excluding hydrogens is 254 g/mol. The van der Waals surface area contributed by atoms with Crippen LogP contribution in [0.25, 0.3) is 0 Å². The molecule has 19 heavy (non-hydrogen) atoms. The molecule has 1 N–H and O–H groups in total. The molecule has 1 aromatic heterocycles. The molecule has 0 saturated heterocycles. The summed E-state index contributed by atoms with van der Waals surface area (Å²) in [5, 5.41) is 4.98. The lowest BCUT2D eigenvalue weighted by Gasteiger charge is -2.06. The van der Waals surface area contributed by atoms with Gasteiger partial charge in [0, 0.05) is 17.0 Å². The summed E-state index contributed by atoms with van der Waals surface area (Å²) in [7, 11) is 0. The topological polar surface area (TPSA) is 29.1 Å². The van der Waals surface area contributed by atoms with Crippen LogP contribution in [0.5, 0.6) is 0 Å². The number of hydrogen-bond acceptors (Lipinski definition) is 2. The number of nitrogens with one attached hydrogen (secondary N) is 1. The molecule has 0 atom stereocenters. The fourth-order valence-corrected chi connectivity index (χ4v) is 2.67. The summed E-state index contributed by atoms with van der Waals surface area (Å²) in [5.41, 5.74) is 2.20. The zero-order valence-corrected chi connectivity index (χ0v) is 12.0. The third kappa shape index (κ3) is 4.52. The van der Waals surface area contributed by atoms with Gasteiger partial charge in [0.1, 0.15) is 0 Å². The number of anilines is 1. The van der Waals surface area contributed by atoms with E-state index in [4.69, 9.17) is 0 Å². The van der Waals surface area contributed by atoms with Crippen molar-refractivity contribution in [2.45, 2.75) is 32.6 Å². The van der Waals surface area contributed by atoms with E-state index in [9.17, 15) is 4.79 Å². The Balaban J connectivity index is 1.81. The van der Waals surface area contributed by atoms with E-state index in [1.165, 1.54) is 10.4 Å². The van der Waals surface area contributed by atoms with Crippen molar-refractivity contribution < 1.29 is 4.79 Å². The number of carbonyl (C=O) groups is 1. The lowest BCUT2D eigenvalue weighted by atomic mass is 10.1. The fourth-order valence-electron chi connectivity index (χ4n) is 1.96. The van der Waals surface area contributed by atoms with Crippen molar-refractivity contribution in [2.75, 3.05) is 5.32 Å². The molecule has 0 fully saturated rings. The number of aryl methyl sites for hydroxylation is 2. The van der Waals surface area contributed by atoms with E-state index in [0.717, 1.165) is 24.9 Å². The maximum absolute atomic E-state index is 11.8. The van der Waals surface area contributed by atoms with Gasteiger partial charge in [0.05, 0.1) is 0 Å². The van der Waals surface area contributed by atoms with Crippen molar-refractivity contribution in [3.05, 3.63) is 52.2 Å². The lowest BCUT2D eigenvalue weighted by molar-refractivity contribution is -0.116. The Morgan fingerprint density at radius 2 is 1.95 bits per heavy atom. The van der Waals surface area contributed by atoms with Gasteiger partial charge in [0.2, 0.25) is 5.91 Å². The van der Waals surface area contributed by atoms with Crippen molar-refractivity contribution in [3.8, 4) is 0 Å². The summed E-state index contributed by atoms with van der Waals surface area (Å²) in [5.74, 6) is 0.0802. The summed E-state index contributed by atoms with van der Waals surface area (Å²) < 4.78 is 0. The van der Waals surface area contributed by atoms with E-state index in [1.807, 2.05) is 23.6 Å². The highest BCUT2D eigenvalue weighted by atomic mass is 32.1. The van der Waals surface area contributed by atoms with Crippen LogP contribution in [0.2, 0.25) is 0 Å². The first-order chi connectivity index (χ1) is 9.28. The Bertz CT molecular complexity index is 502. The molecule has 0 aliphatic carbocycles. The molecule has 0 bridgehead atoms. The van der Waals surface area contributed by atoms with Gasteiger partial charge in [0.15, 0.2) is 0 Å². The maximum atomic E-state index is 11.8. The number of thiophene rings is 1. The first-order valence-corrected chi connectivity index (χ1v) is 7.57. The van der Waals surface area contributed by atoms with Crippen LogP contribution in [0.15, 0.2) is 41.8 Å². The van der Waals surface area contributed by atoms with Crippen LogP contribution in [0.3, 0.4) is 0 Å². The Hall–Kier alpha value is -1.61. The molecule has 1 aromatic carbocycles. The third-order valence-electron chi connectivity index (χ3n) is 2.95. The second-order valence-corrected chi connectivity index (χ2v) is 5.61.